The number of aromatic nitrogens is 4. The van der Waals surface area contributed by atoms with Gasteiger partial charge in [-0.05, 0) is 31.1 Å². The molecule has 2 saturated carbocycles. The van der Waals surface area contributed by atoms with Gasteiger partial charge in [-0.25, -0.2) is 15.0 Å². The van der Waals surface area contributed by atoms with Crippen LogP contribution in [0.1, 0.15) is 42.2 Å². The number of amides is 1. The summed E-state index contributed by atoms with van der Waals surface area (Å²) in [6, 6.07) is 0.472. The Morgan fingerprint density at radius 2 is 2.16 bits per heavy atom. The number of carbonyl (C=O) groups is 1. The third-order valence-electron chi connectivity index (χ3n) is 4.65. The van der Waals surface area contributed by atoms with Gasteiger partial charge in [-0.3, -0.25) is 4.79 Å². The van der Waals surface area contributed by atoms with Crippen LogP contribution in [0.3, 0.4) is 0 Å². The van der Waals surface area contributed by atoms with E-state index in [9.17, 15) is 4.79 Å². The molecule has 6 nitrogen and oxygen atoms in total. The van der Waals surface area contributed by atoms with Crippen molar-refractivity contribution < 1.29 is 4.79 Å². The molecule has 2 fully saturated rings. The molecule has 0 unspecified atom stereocenters. The lowest BCUT2D eigenvalue weighted by Gasteiger charge is -2.23. The Labute approximate surface area is 110 Å². The first-order valence-corrected chi connectivity index (χ1v) is 6.71. The number of nitrogens with two attached hydrogens (primary N) is 1. The zero-order valence-corrected chi connectivity index (χ0v) is 10.5. The summed E-state index contributed by atoms with van der Waals surface area (Å²) in [6.45, 7) is 0. The van der Waals surface area contributed by atoms with Crippen LogP contribution in [-0.2, 0) is 0 Å². The lowest BCUT2D eigenvalue weighted by Crippen LogP contribution is -2.17. The van der Waals surface area contributed by atoms with Gasteiger partial charge in [0, 0.05) is 6.04 Å². The molecule has 3 atom stereocenters. The van der Waals surface area contributed by atoms with Gasteiger partial charge in [-0.2, -0.15) is 0 Å². The van der Waals surface area contributed by atoms with E-state index in [4.69, 9.17) is 5.73 Å². The highest BCUT2D eigenvalue weighted by molar-refractivity contribution is 6.01. The standard InChI is InChI=1S/C13H15N5O/c14-12(19)10-11-13(16-5-15-10)18(6-17-11)9-4-7-1-2-8(9)3-7/h5-9H,1-4H2,(H2,14,19)/t7-,8+,9+/m0/s1. The maximum absolute atomic E-state index is 11.4. The van der Waals surface area contributed by atoms with Crippen LogP contribution in [0, 0.1) is 11.8 Å². The predicted octanol–water partition coefficient (Wildman–Crippen LogP) is 1.29. The normalized spacial score (nSPS) is 29.2. The van der Waals surface area contributed by atoms with Gasteiger partial charge in [0.2, 0.25) is 0 Å². The van der Waals surface area contributed by atoms with Crippen LogP contribution >= 0.6 is 0 Å². The number of imidazole rings is 1. The monoisotopic (exact) mass is 257 g/mol. The average molecular weight is 257 g/mol. The summed E-state index contributed by atoms with van der Waals surface area (Å²) in [7, 11) is 0. The summed E-state index contributed by atoms with van der Waals surface area (Å²) in [6.07, 6.45) is 8.35. The Balaban J connectivity index is 1.84. The number of carbonyl (C=O) groups excluding carboxylic acids is 1. The van der Waals surface area contributed by atoms with Gasteiger partial charge in [-0.1, -0.05) is 6.42 Å². The smallest absolute Gasteiger partial charge is 0.269 e. The molecule has 2 aromatic heterocycles. The molecule has 2 heterocycles. The summed E-state index contributed by atoms with van der Waals surface area (Å²) in [5.41, 5.74) is 6.80. The number of hydrogen-bond donors (Lipinski definition) is 1. The number of hydrogen-bond acceptors (Lipinski definition) is 4. The van der Waals surface area contributed by atoms with E-state index in [1.54, 1.807) is 6.33 Å². The summed E-state index contributed by atoms with van der Waals surface area (Å²) < 4.78 is 2.12. The predicted molar refractivity (Wildman–Crippen MR) is 68.3 cm³/mol. The first-order valence-electron chi connectivity index (χ1n) is 6.71. The van der Waals surface area contributed by atoms with Crippen molar-refractivity contribution in [3.63, 3.8) is 0 Å². The molecule has 2 bridgehead atoms. The molecule has 6 heteroatoms. The number of nitrogens with zero attached hydrogens (tertiary/aromatic N) is 4. The van der Waals surface area contributed by atoms with Crippen molar-refractivity contribution in [1.29, 1.82) is 0 Å². The molecule has 0 saturated heterocycles. The van der Waals surface area contributed by atoms with Crippen LogP contribution in [0.25, 0.3) is 11.2 Å². The largest absolute Gasteiger partial charge is 0.364 e. The van der Waals surface area contributed by atoms with Crippen LogP contribution in [-0.4, -0.2) is 25.4 Å². The Bertz CT molecular complexity index is 664. The Hall–Kier alpha value is -1.98. The highest BCUT2D eigenvalue weighted by atomic mass is 16.1. The number of rotatable bonds is 2. The third-order valence-corrected chi connectivity index (χ3v) is 4.65. The molecule has 0 spiro atoms. The van der Waals surface area contributed by atoms with Gasteiger partial charge in [0.05, 0.1) is 6.33 Å². The van der Waals surface area contributed by atoms with Crippen LogP contribution in [0.5, 0.6) is 0 Å². The third kappa shape index (κ3) is 1.49. The zero-order valence-electron chi connectivity index (χ0n) is 10.5. The van der Waals surface area contributed by atoms with E-state index in [2.05, 4.69) is 19.5 Å². The van der Waals surface area contributed by atoms with Gasteiger partial charge in [0.15, 0.2) is 11.3 Å². The SMILES string of the molecule is NC(=O)c1ncnc2c1ncn2[C@@H]1C[C@H]2CC[C@@H]1C2. The van der Waals surface area contributed by atoms with Crippen molar-refractivity contribution in [2.75, 3.05) is 0 Å². The molecule has 2 aromatic rings. The van der Waals surface area contributed by atoms with Crippen molar-refractivity contribution in [2.24, 2.45) is 17.6 Å². The van der Waals surface area contributed by atoms with Crippen molar-refractivity contribution >= 4 is 17.1 Å². The molecule has 98 valence electrons. The van der Waals surface area contributed by atoms with Gasteiger partial charge in [0.1, 0.15) is 11.8 Å². The highest BCUT2D eigenvalue weighted by Gasteiger charge is 2.41. The average Bonchev–Trinajstić information content (AvgIpc) is 3.11. The van der Waals surface area contributed by atoms with Gasteiger partial charge in [0.25, 0.3) is 5.91 Å². The van der Waals surface area contributed by atoms with Crippen molar-refractivity contribution in [3.8, 4) is 0 Å². The van der Waals surface area contributed by atoms with E-state index < -0.39 is 5.91 Å². The number of fused-ring (bicyclic) bond motifs is 3. The highest BCUT2D eigenvalue weighted by Crippen LogP contribution is 2.51. The van der Waals surface area contributed by atoms with Crippen molar-refractivity contribution in [3.05, 3.63) is 18.3 Å². The van der Waals surface area contributed by atoms with Crippen molar-refractivity contribution in [1.82, 2.24) is 19.5 Å². The summed E-state index contributed by atoms with van der Waals surface area (Å²) in [4.78, 5) is 23.9. The van der Waals surface area contributed by atoms with Gasteiger partial charge >= 0.3 is 0 Å². The molecule has 2 aliphatic rings. The Kier molecular flexibility index (Phi) is 2.15. The molecular weight excluding hydrogens is 242 g/mol. The maximum atomic E-state index is 11.4. The van der Waals surface area contributed by atoms with Crippen LogP contribution in [0.15, 0.2) is 12.7 Å². The summed E-state index contributed by atoms with van der Waals surface area (Å²) in [5, 5.41) is 0. The molecule has 0 aromatic carbocycles. The molecule has 0 aliphatic heterocycles. The van der Waals surface area contributed by atoms with E-state index in [0.29, 0.717) is 11.6 Å². The molecule has 2 N–H and O–H groups in total. The van der Waals surface area contributed by atoms with Crippen molar-refractivity contribution in [2.45, 2.75) is 31.7 Å². The number of primary amides is 1. The topological polar surface area (TPSA) is 86.7 Å². The van der Waals surface area contributed by atoms with Gasteiger partial charge < -0.3 is 10.3 Å². The molecule has 2 aliphatic carbocycles. The molecule has 0 radical (unpaired) electrons. The lowest BCUT2D eigenvalue weighted by molar-refractivity contribution is 0.0997. The Morgan fingerprint density at radius 1 is 1.26 bits per heavy atom. The minimum Gasteiger partial charge on any atom is -0.364 e. The second kappa shape index (κ2) is 3.76. The fraction of sp³-hybridized carbons (Fsp3) is 0.538. The minimum absolute atomic E-state index is 0.215. The molecule has 1 amide bonds. The minimum atomic E-state index is -0.550. The molecular formula is C13H15N5O. The van der Waals surface area contributed by atoms with E-state index >= 15 is 0 Å². The quantitative estimate of drug-likeness (QED) is 0.878. The van der Waals surface area contributed by atoms with Crippen LogP contribution in [0.4, 0.5) is 0 Å². The van der Waals surface area contributed by atoms with E-state index in [1.165, 1.54) is 32.0 Å². The first-order chi connectivity index (χ1) is 9.24. The fourth-order valence-electron chi connectivity index (χ4n) is 3.83. The van der Waals surface area contributed by atoms with Gasteiger partial charge in [-0.15, -0.1) is 0 Å². The van der Waals surface area contributed by atoms with Crippen LogP contribution in [0.2, 0.25) is 0 Å². The summed E-state index contributed by atoms with van der Waals surface area (Å²) in [5.74, 6) is 1.03. The zero-order chi connectivity index (χ0) is 13.0. The summed E-state index contributed by atoms with van der Waals surface area (Å²) >= 11 is 0. The fourth-order valence-corrected chi connectivity index (χ4v) is 3.83. The Morgan fingerprint density at radius 3 is 2.84 bits per heavy atom. The van der Waals surface area contributed by atoms with E-state index in [1.807, 2.05) is 0 Å². The second-order valence-electron chi connectivity index (χ2n) is 5.65. The maximum Gasteiger partial charge on any atom is 0.269 e. The molecule has 19 heavy (non-hydrogen) atoms. The molecule has 4 rings (SSSR count). The van der Waals surface area contributed by atoms with Crippen LogP contribution < -0.4 is 5.73 Å². The van der Waals surface area contributed by atoms with E-state index in [0.717, 1.165) is 17.5 Å². The second-order valence-corrected chi connectivity index (χ2v) is 5.65. The first kappa shape index (κ1) is 10.9. The van der Waals surface area contributed by atoms with E-state index in [-0.39, 0.29) is 5.69 Å². The lowest BCUT2D eigenvalue weighted by atomic mass is 9.95.